The summed E-state index contributed by atoms with van der Waals surface area (Å²) in [7, 11) is 0. The summed E-state index contributed by atoms with van der Waals surface area (Å²) in [6, 6.07) is 1.84. The summed E-state index contributed by atoms with van der Waals surface area (Å²) in [5, 5.41) is 11.8. The number of nitrogens with one attached hydrogen (secondary N) is 2. The van der Waals surface area contributed by atoms with Crippen molar-refractivity contribution >= 4 is 35.1 Å². The van der Waals surface area contributed by atoms with Gasteiger partial charge in [-0.1, -0.05) is 25.8 Å². The van der Waals surface area contributed by atoms with Gasteiger partial charge in [0, 0.05) is 12.6 Å². The highest BCUT2D eigenvalue weighted by Gasteiger charge is 2.14. The Labute approximate surface area is 160 Å². The average Bonchev–Trinajstić information content (AvgIpc) is 3.23. The van der Waals surface area contributed by atoms with Gasteiger partial charge >= 0.3 is 0 Å². The van der Waals surface area contributed by atoms with Crippen molar-refractivity contribution in [3.8, 4) is 18.4 Å². The van der Waals surface area contributed by atoms with Gasteiger partial charge in [0.2, 0.25) is 0 Å². The number of nitrogens with zero attached hydrogens (tertiary/aromatic N) is 3. The Balaban J connectivity index is 2.57. The molecule has 138 valence electrons. The standard InChI is InChI=1S/C19H19N5O2S/c1-4-7-8-16-22-12-13(23-16)10-15-18(26)24(6-3)19(27-15)14(11-20)17(25)21-9-5-2/h2,6,10,12H,3-4,7-9H2,1H3,(H,21,25)(H,22,23)/b15-10-,19-14-. The van der Waals surface area contributed by atoms with Gasteiger partial charge in [0.15, 0.2) is 5.57 Å². The van der Waals surface area contributed by atoms with Gasteiger partial charge in [-0.3, -0.25) is 14.2 Å². The van der Waals surface area contributed by atoms with Gasteiger partial charge in [0.1, 0.15) is 16.6 Å². The first-order valence-electron chi connectivity index (χ1n) is 8.31. The van der Waals surface area contributed by atoms with Gasteiger partial charge in [-0.2, -0.15) is 5.26 Å². The van der Waals surface area contributed by atoms with Crippen molar-refractivity contribution in [3.63, 3.8) is 0 Å². The van der Waals surface area contributed by atoms with Crippen LogP contribution in [0.3, 0.4) is 0 Å². The smallest absolute Gasteiger partial charge is 0.273 e. The number of nitriles is 1. The first-order valence-corrected chi connectivity index (χ1v) is 9.12. The minimum Gasteiger partial charge on any atom is -0.342 e. The second-order valence-corrected chi connectivity index (χ2v) is 6.57. The normalized spacial score (nSPS) is 12.2. The summed E-state index contributed by atoms with van der Waals surface area (Å²) in [4.78, 5) is 32.2. The molecule has 1 amide bonds. The minimum atomic E-state index is -0.637. The van der Waals surface area contributed by atoms with Crippen LogP contribution in [0.1, 0.15) is 31.3 Å². The third-order valence-corrected chi connectivity index (χ3v) is 4.75. The maximum atomic E-state index is 12.6. The van der Waals surface area contributed by atoms with Crippen molar-refractivity contribution in [3.05, 3.63) is 43.8 Å². The van der Waals surface area contributed by atoms with Gasteiger partial charge in [-0.25, -0.2) is 4.98 Å². The second kappa shape index (κ2) is 9.37. The Morgan fingerprint density at radius 1 is 1.59 bits per heavy atom. The summed E-state index contributed by atoms with van der Waals surface area (Å²) >= 11 is 1.03. The maximum Gasteiger partial charge on any atom is 0.273 e. The van der Waals surface area contributed by atoms with Crippen LogP contribution >= 0.6 is 11.3 Å². The van der Waals surface area contributed by atoms with Gasteiger partial charge in [-0.05, 0) is 12.5 Å². The molecule has 0 aliphatic rings. The highest BCUT2D eigenvalue weighted by molar-refractivity contribution is 7.07. The molecule has 0 aromatic carbocycles. The molecule has 0 atom stereocenters. The van der Waals surface area contributed by atoms with Crippen LogP contribution in [0.4, 0.5) is 0 Å². The molecule has 0 saturated carbocycles. The number of imidazole rings is 1. The van der Waals surface area contributed by atoms with Gasteiger partial charge in [0.05, 0.1) is 23.0 Å². The first-order chi connectivity index (χ1) is 13.0. The van der Waals surface area contributed by atoms with Gasteiger partial charge in [-0.15, -0.1) is 17.8 Å². The summed E-state index contributed by atoms with van der Waals surface area (Å²) < 4.78 is 1.73. The number of terminal acetylenes is 1. The lowest BCUT2D eigenvalue weighted by atomic mass is 10.2. The molecule has 2 heterocycles. The third-order valence-electron chi connectivity index (χ3n) is 3.64. The predicted octanol–water partition coefficient (Wildman–Crippen LogP) is 0.328. The number of amides is 1. The van der Waals surface area contributed by atoms with Crippen LogP contribution in [0, 0.1) is 23.7 Å². The monoisotopic (exact) mass is 381 g/mol. The fraction of sp³-hybridized carbons (Fsp3) is 0.263. The minimum absolute atomic E-state index is 0.0125. The number of thiazole rings is 1. The van der Waals surface area contributed by atoms with Gasteiger partial charge in [0.25, 0.3) is 11.5 Å². The highest BCUT2D eigenvalue weighted by atomic mass is 32.1. The Morgan fingerprint density at radius 3 is 3.00 bits per heavy atom. The molecule has 2 aromatic rings. The Bertz CT molecular complexity index is 1100. The van der Waals surface area contributed by atoms with E-state index in [2.05, 4.69) is 34.7 Å². The molecule has 2 rings (SSSR count). The molecule has 0 fully saturated rings. The van der Waals surface area contributed by atoms with Crippen LogP contribution in [0.2, 0.25) is 0 Å². The van der Waals surface area contributed by atoms with Crippen LogP contribution in [0.25, 0.3) is 17.8 Å². The number of aromatic nitrogens is 3. The number of carbonyl (C=O) groups excluding carboxylic acids is 1. The van der Waals surface area contributed by atoms with Crippen molar-refractivity contribution in [1.29, 1.82) is 5.26 Å². The molecule has 0 bridgehead atoms. The number of aromatic amines is 1. The van der Waals surface area contributed by atoms with Crippen LogP contribution in [-0.4, -0.2) is 27.0 Å². The molecule has 2 N–H and O–H groups in total. The topological polar surface area (TPSA) is 104 Å². The van der Waals surface area contributed by atoms with Crippen LogP contribution < -0.4 is 20.1 Å². The maximum absolute atomic E-state index is 12.6. The highest BCUT2D eigenvalue weighted by Crippen LogP contribution is 2.02. The SMILES string of the molecule is C#CCNC(=O)/C(C#N)=c1\s/c(=C\c2cnc(CCCC)[nH]2)c(=O)n1C=C. The number of carbonyl (C=O) groups is 1. The summed E-state index contributed by atoms with van der Waals surface area (Å²) in [6.07, 6.45) is 12.6. The van der Waals surface area contributed by atoms with E-state index in [0.717, 1.165) is 36.4 Å². The third kappa shape index (κ3) is 4.63. The van der Waals surface area contributed by atoms with Gasteiger partial charge < -0.3 is 10.3 Å². The van der Waals surface area contributed by atoms with E-state index < -0.39 is 5.91 Å². The number of H-pyrrole nitrogens is 1. The van der Waals surface area contributed by atoms with E-state index in [1.54, 1.807) is 12.3 Å². The lowest BCUT2D eigenvalue weighted by Crippen LogP contribution is -2.32. The zero-order chi connectivity index (χ0) is 19.8. The molecule has 2 aromatic heterocycles. The second-order valence-electron chi connectivity index (χ2n) is 5.54. The van der Waals surface area contributed by atoms with Crippen molar-refractivity contribution in [2.24, 2.45) is 0 Å². The van der Waals surface area contributed by atoms with E-state index in [0.29, 0.717) is 10.2 Å². The lowest BCUT2D eigenvalue weighted by molar-refractivity contribution is -0.115. The molecule has 0 unspecified atom stereocenters. The summed E-state index contributed by atoms with van der Waals surface area (Å²) in [5.74, 6) is 2.48. The number of aryl methyl sites for hydroxylation is 1. The van der Waals surface area contributed by atoms with Crippen LogP contribution in [-0.2, 0) is 11.2 Å². The molecule has 0 spiro atoms. The first kappa shape index (κ1) is 20.0. The largest absolute Gasteiger partial charge is 0.342 e. The Kier molecular flexibility index (Phi) is 6.93. The molecule has 7 nitrogen and oxygen atoms in total. The zero-order valence-corrected chi connectivity index (χ0v) is 15.7. The van der Waals surface area contributed by atoms with E-state index >= 15 is 0 Å². The van der Waals surface area contributed by atoms with Crippen LogP contribution in [0.5, 0.6) is 0 Å². The van der Waals surface area contributed by atoms with E-state index in [9.17, 15) is 14.9 Å². The summed E-state index contributed by atoms with van der Waals surface area (Å²) in [5.41, 5.74) is 0.116. The van der Waals surface area contributed by atoms with Crippen molar-refractivity contribution in [1.82, 2.24) is 19.9 Å². The molecule has 0 aliphatic carbocycles. The molecular weight excluding hydrogens is 362 g/mol. The number of hydrogen-bond acceptors (Lipinski definition) is 5. The fourth-order valence-electron chi connectivity index (χ4n) is 2.32. The van der Waals surface area contributed by atoms with Crippen LogP contribution in [0.15, 0.2) is 17.6 Å². The van der Waals surface area contributed by atoms with E-state index in [-0.39, 0.29) is 22.3 Å². The quantitative estimate of drug-likeness (QED) is 0.675. The van der Waals surface area contributed by atoms with E-state index in [1.165, 1.54) is 10.8 Å². The summed E-state index contributed by atoms with van der Waals surface area (Å²) in [6.45, 7) is 5.69. The van der Waals surface area contributed by atoms with Crippen molar-refractivity contribution < 1.29 is 4.79 Å². The Hall–Kier alpha value is -3.36. The number of hydrogen-bond donors (Lipinski definition) is 2. The lowest BCUT2D eigenvalue weighted by Gasteiger charge is -1.99. The van der Waals surface area contributed by atoms with E-state index in [4.69, 9.17) is 6.42 Å². The molecule has 0 saturated heterocycles. The Morgan fingerprint density at radius 2 is 2.37 bits per heavy atom. The van der Waals surface area contributed by atoms with Crippen molar-refractivity contribution in [2.45, 2.75) is 26.2 Å². The molecular formula is C19H19N5O2S. The molecule has 0 aliphatic heterocycles. The average molecular weight is 381 g/mol. The number of unbranched alkanes of at least 4 members (excludes halogenated alkanes) is 1. The molecule has 27 heavy (non-hydrogen) atoms. The molecule has 8 heteroatoms. The van der Waals surface area contributed by atoms with E-state index in [1.807, 2.05) is 6.07 Å². The number of rotatable bonds is 7. The fourth-order valence-corrected chi connectivity index (χ4v) is 3.39. The van der Waals surface area contributed by atoms with Crippen molar-refractivity contribution in [2.75, 3.05) is 6.54 Å². The predicted molar refractivity (Wildman–Crippen MR) is 106 cm³/mol. The molecule has 0 radical (unpaired) electrons. The zero-order valence-electron chi connectivity index (χ0n) is 14.9.